The number of para-hydroxylation sites is 1. The van der Waals surface area contributed by atoms with Gasteiger partial charge in [-0.15, -0.1) is 0 Å². The number of H-pyrrole nitrogens is 1. The fraction of sp³-hybridized carbons (Fsp3) is 0.211. The van der Waals surface area contributed by atoms with Crippen molar-refractivity contribution in [3.63, 3.8) is 0 Å². The lowest BCUT2D eigenvalue weighted by atomic mass is 10.1. The molecule has 0 amide bonds. The van der Waals surface area contributed by atoms with Crippen LogP contribution >= 0.6 is 0 Å². The highest BCUT2D eigenvalue weighted by Gasteiger charge is 2.25. The summed E-state index contributed by atoms with van der Waals surface area (Å²) in [4.78, 5) is 8.37. The number of methoxy groups -OCH3 is 1. The molecule has 0 atom stereocenters. The highest BCUT2D eigenvalue weighted by Crippen LogP contribution is 2.29. The molecule has 0 fully saturated rings. The van der Waals surface area contributed by atoms with Crippen LogP contribution in [0.15, 0.2) is 42.5 Å². The Morgan fingerprint density at radius 1 is 1.00 bits per heavy atom. The molecule has 2 aromatic carbocycles. The highest BCUT2D eigenvalue weighted by atomic mass is 28.3. The van der Waals surface area contributed by atoms with Crippen LogP contribution < -0.4 is 9.92 Å². The van der Waals surface area contributed by atoms with Gasteiger partial charge in [-0.05, 0) is 29.5 Å². The molecule has 0 radical (unpaired) electrons. The normalized spacial score (nSPS) is 12.3. The third-order valence-corrected chi connectivity index (χ3v) is 6.41. The zero-order chi connectivity index (χ0) is 16.2. The summed E-state index contributed by atoms with van der Waals surface area (Å²) in [6.45, 7) is 7.17. The molecule has 3 nitrogen and oxygen atoms in total. The van der Waals surface area contributed by atoms with Crippen molar-refractivity contribution in [1.29, 1.82) is 0 Å². The van der Waals surface area contributed by atoms with Crippen LogP contribution in [0.3, 0.4) is 0 Å². The molecule has 1 N–H and O–H groups in total. The minimum Gasteiger partial charge on any atom is -0.497 e. The molecular weight excluding hydrogens is 300 g/mol. The van der Waals surface area contributed by atoms with Crippen molar-refractivity contribution in [2.45, 2.75) is 19.6 Å². The molecule has 0 aliphatic carbocycles. The first-order valence-corrected chi connectivity index (χ1v) is 11.4. The second-order valence-corrected chi connectivity index (χ2v) is 12.0. The van der Waals surface area contributed by atoms with Gasteiger partial charge in [0.25, 0.3) is 0 Å². The van der Waals surface area contributed by atoms with E-state index >= 15 is 0 Å². The summed E-state index contributed by atoms with van der Waals surface area (Å²) in [6.07, 6.45) is 0. The Kier molecular flexibility index (Phi) is 3.00. The fourth-order valence-electron chi connectivity index (χ4n) is 3.44. The molecule has 0 aliphatic heterocycles. The molecule has 0 saturated carbocycles. The number of aromatic amines is 1. The van der Waals surface area contributed by atoms with Crippen LogP contribution in [0.25, 0.3) is 32.8 Å². The predicted molar refractivity (Wildman–Crippen MR) is 101 cm³/mol. The van der Waals surface area contributed by atoms with E-state index in [0.717, 1.165) is 22.4 Å². The minimum absolute atomic E-state index is 0.887. The van der Waals surface area contributed by atoms with Crippen LogP contribution in [-0.4, -0.2) is 25.2 Å². The fourth-order valence-corrected chi connectivity index (χ4v) is 5.45. The molecule has 0 bridgehead atoms. The number of pyridine rings is 1. The summed E-state index contributed by atoms with van der Waals surface area (Å²) in [5, 5.41) is 5.22. The zero-order valence-electron chi connectivity index (χ0n) is 13.9. The Balaban J connectivity index is 2.29. The van der Waals surface area contributed by atoms with E-state index < -0.39 is 8.07 Å². The third kappa shape index (κ3) is 2.13. The van der Waals surface area contributed by atoms with E-state index in [-0.39, 0.29) is 0 Å². The van der Waals surface area contributed by atoms with Gasteiger partial charge < -0.3 is 9.72 Å². The Morgan fingerprint density at radius 2 is 1.78 bits per heavy atom. The maximum absolute atomic E-state index is 5.45. The number of hydrogen-bond acceptors (Lipinski definition) is 2. The van der Waals surface area contributed by atoms with E-state index in [1.54, 1.807) is 7.11 Å². The van der Waals surface area contributed by atoms with E-state index in [9.17, 15) is 0 Å². The lowest BCUT2D eigenvalue weighted by molar-refractivity contribution is 0.415. The standard InChI is InChI=1S/C19H20N2OSi/c1-22-12-9-10-16-14(11-12)18(23(2,3)4)17-13-7-5-6-8-15(13)20-19(17)21-16/h5-11H,1-4H3,(H,20,21). The van der Waals surface area contributed by atoms with Gasteiger partial charge >= 0.3 is 0 Å². The van der Waals surface area contributed by atoms with Gasteiger partial charge in [0.05, 0.1) is 20.7 Å². The summed E-state index contributed by atoms with van der Waals surface area (Å²) in [7, 11) is 0.121. The quantitative estimate of drug-likeness (QED) is 0.555. The topological polar surface area (TPSA) is 37.9 Å². The lowest BCUT2D eigenvalue weighted by Gasteiger charge is -2.21. The second kappa shape index (κ2) is 4.83. The smallest absolute Gasteiger partial charge is 0.138 e. The van der Waals surface area contributed by atoms with Crippen molar-refractivity contribution in [2.24, 2.45) is 0 Å². The molecule has 4 rings (SSSR count). The number of nitrogens with zero attached hydrogens (tertiary/aromatic N) is 1. The number of fused-ring (bicyclic) bond motifs is 4. The van der Waals surface area contributed by atoms with E-state index in [4.69, 9.17) is 9.72 Å². The largest absolute Gasteiger partial charge is 0.497 e. The second-order valence-electron chi connectivity index (χ2n) is 7.01. The Labute approximate surface area is 136 Å². The van der Waals surface area contributed by atoms with Gasteiger partial charge in [-0.3, -0.25) is 0 Å². The summed E-state index contributed by atoms with van der Waals surface area (Å²) < 4.78 is 5.45. The van der Waals surface area contributed by atoms with Gasteiger partial charge in [-0.2, -0.15) is 0 Å². The summed E-state index contributed by atoms with van der Waals surface area (Å²) in [6, 6.07) is 14.6. The van der Waals surface area contributed by atoms with E-state index in [1.807, 2.05) is 6.07 Å². The van der Waals surface area contributed by atoms with E-state index in [0.29, 0.717) is 0 Å². The number of aromatic nitrogens is 2. The van der Waals surface area contributed by atoms with Crippen molar-refractivity contribution in [3.05, 3.63) is 42.5 Å². The van der Waals surface area contributed by atoms with Crippen LogP contribution in [0.4, 0.5) is 0 Å². The van der Waals surface area contributed by atoms with Gasteiger partial charge in [-0.25, -0.2) is 4.98 Å². The monoisotopic (exact) mass is 320 g/mol. The molecule has 4 heteroatoms. The molecule has 0 spiro atoms. The van der Waals surface area contributed by atoms with Gasteiger partial charge in [0.2, 0.25) is 0 Å². The number of rotatable bonds is 2. The first kappa shape index (κ1) is 14.3. The Morgan fingerprint density at radius 3 is 2.52 bits per heavy atom. The van der Waals surface area contributed by atoms with Gasteiger partial charge in [0.15, 0.2) is 0 Å². The minimum atomic E-state index is -1.59. The third-order valence-electron chi connectivity index (χ3n) is 4.39. The van der Waals surface area contributed by atoms with Crippen LogP contribution in [0, 0.1) is 0 Å². The number of benzene rings is 2. The Hall–Kier alpha value is -2.33. The van der Waals surface area contributed by atoms with Gasteiger partial charge in [0, 0.05) is 21.7 Å². The zero-order valence-corrected chi connectivity index (χ0v) is 14.9. The maximum Gasteiger partial charge on any atom is 0.138 e. The van der Waals surface area contributed by atoms with Crippen molar-refractivity contribution >= 4 is 46.1 Å². The molecule has 116 valence electrons. The molecular formula is C19H20N2OSi. The van der Waals surface area contributed by atoms with Crippen molar-refractivity contribution < 1.29 is 4.74 Å². The average Bonchev–Trinajstić information content (AvgIpc) is 2.88. The first-order valence-electron chi connectivity index (χ1n) is 7.87. The molecule has 4 aromatic rings. The summed E-state index contributed by atoms with van der Waals surface area (Å²) >= 11 is 0. The average molecular weight is 320 g/mol. The maximum atomic E-state index is 5.45. The lowest BCUT2D eigenvalue weighted by Crippen LogP contribution is -2.39. The molecule has 0 aliphatic rings. The molecule has 0 unspecified atom stereocenters. The van der Waals surface area contributed by atoms with Crippen molar-refractivity contribution in [1.82, 2.24) is 9.97 Å². The summed E-state index contributed by atoms with van der Waals surface area (Å²) in [5.41, 5.74) is 3.17. The van der Waals surface area contributed by atoms with Crippen LogP contribution in [0.2, 0.25) is 19.6 Å². The van der Waals surface area contributed by atoms with E-state index in [1.165, 1.54) is 21.3 Å². The Bertz CT molecular complexity index is 1040. The predicted octanol–water partition coefficient (Wildman–Crippen LogP) is 4.42. The SMILES string of the molecule is COc1ccc2nc3[nH]c4ccccc4c3c([Si](C)(C)C)c2c1. The molecule has 0 saturated heterocycles. The first-order chi connectivity index (χ1) is 11.0. The number of ether oxygens (including phenoxy) is 1. The van der Waals surface area contributed by atoms with Crippen molar-refractivity contribution in [2.75, 3.05) is 7.11 Å². The molecule has 2 aromatic heterocycles. The highest BCUT2D eigenvalue weighted by molar-refractivity contribution is 6.92. The van der Waals surface area contributed by atoms with Crippen LogP contribution in [0.5, 0.6) is 5.75 Å². The molecule has 23 heavy (non-hydrogen) atoms. The van der Waals surface area contributed by atoms with Gasteiger partial charge in [-0.1, -0.05) is 37.8 Å². The van der Waals surface area contributed by atoms with Crippen LogP contribution in [-0.2, 0) is 0 Å². The molecule has 2 heterocycles. The summed E-state index contributed by atoms with van der Waals surface area (Å²) in [5.74, 6) is 0.887. The van der Waals surface area contributed by atoms with Crippen LogP contribution in [0.1, 0.15) is 0 Å². The van der Waals surface area contributed by atoms with E-state index in [2.05, 4.69) is 61.0 Å². The number of nitrogens with one attached hydrogen (secondary N) is 1. The van der Waals surface area contributed by atoms with Crippen molar-refractivity contribution in [3.8, 4) is 5.75 Å². The number of hydrogen-bond donors (Lipinski definition) is 1. The van der Waals surface area contributed by atoms with Gasteiger partial charge in [0.1, 0.15) is 11.4 Å².